The fourth-order valence-electron chi connectivity index (χ4n) is 3.43. The first-order valence-corrected chi connectivity index (χ1v) is 11.3. The molecule has 0 N–H and O–H groups in total. The summed E-state index contributed by atoms with van der Waals surface area (Å²) in [6.45, 7) is 6.60. The molecular weight excluding hydrogens is 422 g/mol. The van der Waals surface area contributed by atoms with Crippen LogP contribution in [0.2, 0.25) is 0 Å². The minimum Gasteiger partial charge on any atom is -0.489 e. The molecule has 0 aliphatic carbocycles. The summed E-state index contributed by atoms with van der Waals surface area (Å²) in [4.78, 5) is 15.3. The number of rotatable bonds is 5. The SMILES string of the molecule is Cc1ccc(COc2cccc(/C=C3\SC(=S)N(c4ccc(C)cc4C)C3=O)c2)cc1. The van der Waals surface area contributed by atoms with Gasteiger partial charge in [-0.05, 0) is 61.7 Å². The van der Waals surface area contributed by atoms with Gasteiger partial charge in [-0.25, -0.2) is 0 Å². The topological polar surface area (TPSA) is 29.5 Å². The summed E-state index contributed by atoms with van der Waals surface area (Å²) in [5.74, 6) is 0.673. The van der Waals surface area contributed by atoms with Crippen LogP contribution in [-0.4, -0.2) is 10.2 Å². The summed E-state index contributed by atoms with van der Waals surface area (Å²) >= 11 is 6.85. The number of carbonyl (C=O) groups excluding carboxylic acids is 1. The van der Waals surface area contributed by atoms with E-state index in [2.05, 4.69) is 37.3 Å². The number of carbonyl (C=O) groups is 1. The Morgan fingerprint density at radius 3 is 2.45 bits per heavy atom. The first kappa shape index (κ1) is 21.3. The third-order valence-corrected chi connectivity index (χ3v) is 6.37. The van der Waals surface area contributed by atoms with Crippen molar-refractivity contribution in [2.75, 3.05) is 4.90 Å². The molecular formula is C26H23NO2S2. The van der Waals surface area contributed by atoms with E-state index in [1.165, 1.54) is 17.3 Å². The highest BCUT2D eigenvalue weighted by Crippen LogP contribution is 2.37. The molecule has 0 saturated carbocycles. The number of hydrogen-bond acceptors (Lipinski definition) is 4. The molecule has 31 heavy (non-hydrogen) atoms. The number of aryl methyl sites for hydroxylation is 3. The lowest BCUT2D eigenvalue weighted by Crippen LogP contribution is -2.28. The fourth-order valence-corrected chi connectivity index (χ4v) is 4.71. The van der Waals surface area contributed by atoms with Crippen LogP contribution in [0.4, 0.5) is 5.69 Å². The molecule has 3 aromatic carbocycles. The van der Waals surface area contributed by atoms with Crippen molar-refractivity contribution >= 4 is 46.0 Å². The largest absolute Gasteiger partial charge is 0.489 e. The maximum Gasteiger partial charge on any atom is 0.270 e. The van der Waals surface area contributed by atoms with Crippen LogP contribution in [0, 0.1) is 20.8 Å². The van der Waals surface area contributed by atoms with Crippen LogP contribution in [0.25, 0.3) is 6.08 Å². The van der Waals surface area contributed by atoms with E-state index in [0.29, 0.717) is 15.8 Å². The summed E-state index contributed by atoms with van der Waals surface area (Å²) in [7, 11) is 0. The molecule has 1 aliphatic rings. The van der Waals surface area contributed by atoms with Crippen molar-refractivity contribution in [2.24, 2.45) is 0 Å². The molecule has 1 amide bonds. The first-order valence-electron chi connectivity index (χ1n) is 10.0. The number of hydrogen-bond donors (Lipinski definition) is 0. The smallest absolute Gasteiger partial charge is 0.270 e. The predicted octanol–water partition coefficient (Wildman–Crippen LogP) is 6.60. The molecule has 0 aromatic heterocycles. The van der Waals surface area contributed by atoms with E-state index >= 15 is 0 Å². The summed E-state index contributed by atoms with van der Waals surface area (Å²) in [6, 6.07) is 22.1. The quantitative estimate of drug-likeness (QED) is 0.327. The van der Waals surface area contributed by atoms with E-state index in [1.807, 2.05) is 56.3 Å². The Hall–Kier alpha value is -2.89. The van der Waals surface area contributed by atoms with Gasteiger partial charge in [-0.15, -0.1) is 0 Å². The fraction of sp³-hybridized carbons (Fsp3) is 0.154. The van der Waals surface area contributed by atoms with Crippen LogP contribution in [0.5, 0.6) is 5.75 Å². The predicted molar refractivity (Wildman–Crippen MR) is 134 cm³/mol. The number of thioether (sulfide) groups is 1. The van der Waals surface area contributed by atoms with Crippen molar-refractivity contribution in [3.8, 4) is 5.75 Å². The molecule has 0 unspecified atom stereocenters. The van der Waals surface area contributed by atoms with Gasteiger partial charge in [0.25, 0.3) is 5.91 Å². The van der Waals surface area contributed by atoms with Crippen molar-refractivity contribution < 1.29 is 9.53 Å². The van der Waals surface area contributed by atoms with Crippen LogP contribution >= 0.6 is 24.0 Å². The number of benzene rings is 3. The summed E-state index contributed by atoms with van der Waals surface area (Å²) in [5, 5.41) is 0. The maximum atomic E-state index is 13.1. The van der Waals surface area contributed by atoms with Gasteiger partial charge in [0.2, 0.25) is 0 Å². The zero-order chi connectivity index (χ0) is 22.0. The molecule has 0 bridgehead atoms. The normalized spacial score (nSPS) is 15.1. The lowest BCUT2D eigenvalue weighted by atomic mass is 10.1. The van der Waals surface area contributed by atoms with Gasteiger partial charge in [-0.1, -0.05) is 83.6 Å². The molecule has 3 nitrogen and oxygen atoms in total. The van der Waals surface area contributed by atoms with Crippen LogP contribution < -0.4 is 9.64 Å². The molecule has 0 atom stereocenters. The van der Waals surface area contributed by atoms with Crippen molar-refractivity contribution in [3.63, 3.8) is 0 Å². The van der Waals surface area contributed by atoms with E-state index in [-0.39, 0.29) is 5.91 Å². The highest BCUT2D eigenvalue weighted by molar-refractivity contribution is 8.27. The van der Waals surface area contributed by atoms with Gasteiger partial charge in [0.15, 0.2) is 4.32 Å². The van der Waals surface area contributed by atoms with Gasteiger partial charge >= 0.3 is 0 Å². The third-order valence-electron chi connectivity index (χ3n) is 5.07. The highest BCUT2D eigenvalue weighted by atomic mass is 32.2. The lowest BCUT2D eigenvalue weighted by molar-refractivity contribution is -0.113. The van der Waals surface area contributed by atoms with Crippen LogP contribution in [0.3, 0.4) is 0 Å². The van der Waals surface area contributed by atoms with Gasteiger partial charge in [-0.2, -0.15) is 0 Å². The number of anilines is 1. The van der Waals surface area contributed by atoms with E-state index in [1.54, 1.807) is 4.90 Å². The summed E-state index contributed by atoms with van der Waals surface area (Å²) in [6.07, 6.45) is 1.88. The van der Waals surface area contributed by atoms with Crippen molar-refractivity contribution in [3.05, 3.63) is 99.5 Å². The minimum atomic E-state index is -0.0899. The summed E-state index contributed by atoms with van der Waals surface area (Å²) in [5.41, 5.74) is 6.28. The van der Waals surface area contributed by atoms with Gasteiger partial charge in [0.05, 0.1) is 10.6 Å². The standard InChI is InChI=1S/C26H23NO2S2/c1-17-7-10-20(11-8-17)16-29-22-6-4-5-21(14-22)15-24-25(28)27(26(30)31-24)23-12-9-18(2)13-19(23)3/h4-15H,16H2,1-3H3/b24-15-. The van der Waals surface area contributed by atoms with Gasteiger partial charge in [-0.3, -0.25) is 9.69 Å². The maximum absolute atomic E-state index is 13.1. The minimum absolute atomic E-state index is 0.0899. The first-order chi connectivity index (χ1) is 14.9. The molecule has 156 valence electrons. The van der Waals surface area contributed by atoms with Crippen molar-refractivity contribution in [1.29, 1.82) is 0 Å². The average molecular weight is 446 g/mol. The highest BCUT2D eigenvalue weighted by Gasteiger charge is 2.34. The Balaban J connectivity index is 1.52. The third kappa shape index (κ3) is 4.89. The van der Waals surface area contributed by atoms with E-state index < -0.39 is 0 Å². The second-order valence-corrected chi connectivity index (χ2v) is 9.33. The molecule has 1 heterocycles. The summed E-state index contributed by atoms with van der Waals surface area (Å²) < 4.78 is 6.50. The number of amides is 1. The Bertz CT molecular complexity index is 1180. The second-order valence-electron chi connectivity index (χ2n) is 7.65. The van der Waals surface area contributed by atoms with E-state index in [9.17, 15) is 4.79 Å². The molecule has 1 fully saturated rings. The van der Waals surface area contributed by atoms with E-state index in [4.69, 9.17) is 17.0 Å². The van der Waals surface area contributed by atoms with Crippen molar-refractivity contribution in [1.82, 2.24) is 0 Å². The Labute approximate surface area is 192 Å². The molecule has 3 aromatic rings. The van der Waals surface area contributed by atoms with Crippen LogP contribution in [0.1, 0.15) is 27.8 Å². The van der Waals surface area contributed by atoms with Crippen molar-refractivity contribution in [2.45, 2.75) is 27.4 Å². The molecule has 0 radical (unpaired) electrons. The molecule has 4 rings (SSSR count). The zero-order valence-electron chi connectivity index (χ0n) is 17.7. The Kier molecular flexibility index (Phi) is 6.25. The molecule has 0 spiro atoms. The number of nitrogens with zero attached hydrogens (tertiary/aromatic N) is 1. The lowest BCUT2D eigenvalue weighted by Gasteiger charge is -2.17. The second kappa shape index (κ2) is 9.08. The van der Waals surface area contributed by atoms with Crippen LogP contribution in [0.15, 0.2) is 71.6 Å². The molecule has 1 aliphatic heterocycles. The number of thiocarbonyl (C=S) groups is 1. The molecule has 5 heteroatoms. The van der Waals surface area contributed by atoms with Gasteiger partial charge in [0.1, 0.15) is 12.4 Å². The number of ether oxygens (including phenoxy) is 1. The van der Waals surface area contributed by atoms with Crippen LogP contribution in [-0.2, 0) is 11.4 Å². The zero-order valence-corrected chi connectivity index (χ0v) is 19.3. The Morgan fingerprint density at radius 1 is 0.968 bits per heavy atom. The monoisotopic (exact) mass is 445 g/mol. The molecule has 1 saturated heterocycles. The Morgan fingerprint density at radius 2 is 1.71 bits per heavy atom. The van der Waals surface area contributed by atoms with E-state index in [0.717, 1.165) is 33.7 Å². The van der Waals surface area contributed by atoms with Gasteiger partial charge < -0.3 is 4.74 Å². The average Bonchev–Trinajstić information content (AvgIpc) is 3.01. The van der Waals surface area contributed by atoms with Gasteiger partial charge in [0, 0.05) is 0 Å².